The number of anilines is 1. The molecule has 1 aromatic heterocycles. The fourth-order valence-corrected chi connectivity index (χ4v) is 2.68. The summed E-state index contributed by atoms with van der Waals surface area (Å²) in [5, 5.41) is 3.54. The SMILES string of the molecule is COc1ccccc1C(=O)c1oc2cc(NC(C)=O)ccc2c1C. The van der Waals surface area contributed by atoms with Gasteiger partial charge in [0.1, 0.15) is 11.3 Å². The average molecular weight is 323 g/mol. The zero-order valence-corrected chi connectivity index (χ0v) is 13.7. The largest absolute Gasteiger partial charge is 0.496 e. The number of nitrogens with one attached hydrogen (secondary N) is 1. The van der Waals surface area contributed by atoms with Crippen molar-refractivity contribution in [3.05, 3.63) is 59.4 Å². The van der Waals surface area contributed by atoms with Gasteiger partial charge in [-0.25, -0.2) is 0 Å². The Morgan fingerprint density at radius 3 is 2.58 bits per heavy atom. The number of aryl methyl sites for hydroxylation is 1. The van der Waals surface area contributed by atoms with Gasteiger partial charge in [0.2, 0.25) is 11.7 Å². The molecular formula is C19H17NO4. The fraction of sp³-hybridized carbons (Fsp3) is 0.158. The maximum Gasteiger partial charge on any atom is 0.232 e. The Labute approximate surface area is 139 Å². The number of para-hydroxylation sites is 1. The summed E-state index contributed by atoms with van der Waals surface area (Å²) in [5.41, 5.74) is 2.39. The number of fused-ring (bicyclic) bond motifs is 1. The van der Waals surface area contributed by atoms with Crippen molar-refractivity contribution in [2.45, 2.75) is 13.8 Å². The number of methoxy groups -OCH3 is 1. The monoisotopic (exact) mass is 323 g/mol. The predicted octanol–water partition coefficient (Wildman–Crippen LogP) is 3.94. The maximum atomic E-state index is 12.8. The molecule has 5 nitrogen and oxygen atoms in total. The van der Waals surface area contributed by atoms with Crippen molar-refractivity contribution in [3.63, 3.8) is 0 Å². The van der Waals surface area contributed by atoms with Gasteiger partial charge < -0.3 is 14.5 Å². The number of ketones is 1. The molecule has 0 radical (unpaired) electrons. The maximum absolute atomic E-state index is 12.8. The summed E-state index contributed by atoms with van der Waals surface area (Å²) in [4.78, 5) is 24.0. The van der Waals surface area contributed by atoms with Crippen LogP contribution >= 0.6 is 0 Å². The molecule has 0 aliphatic rings. The molecule has 2 aromatic carbocycles. The number of ether oxygens (including phenoxy) is 1. The first-order valence-electron chi connectivity index (χ1n) is 7.49. The third-order valence-electron chi connectivity index (χ3n) is 3.82. The van der Waals surface area contributed by atoms with E-state index < -0.39 is 0 Å². The Balaban J connectivity index is 2.07. The van der Waals surface area contributed by atoms with Crippen LogP contribution in [0.5, 0.6) is 5.75 Å². The van der Waals surface area contributed by atoms with Crippen LogP contribution < -0.4 is 10.1 Å². The molecule has 1 amide bonds. The Hall–Kier alpha value is -3.08. The van der Waals surface area contributed by atoms with Crippen molar-refractivity contribution < 1.29 is 18.7 Å². The first kappa shape index (κ1) is 15.8. The van der Waals surface area contributed by atoms with Crippen LogP contribution in [0.15, 0.2) is 46.9 Å². The topological polar surface area (TPSA) is 68.5 Å². The molecule has 0 aliphatic heterocycles. The van der Waals surface area contributed by atoms with Crippen molar-refractivity contribution >= 4 is 28.3 Å². The second-order valence-corrected chi connectivity index (χ2v) is 5.48. The van der Waals surface area contributed by atoms with Gasteiger partial charge in [0, 0.05) is 29.6 Å². The minimum atomic E-state index is -0.234. The quantitative estimate of drug-likeness (QED) is 0.738. The molecule has 24 heavy (non-hydrogen) atoms. The average Bonchev–Trinajstić information content (AvgIpc) is 2.90. The molecule has 0 atom stereocenters. The number of benzene rings is 2. The van der Waals surface area contributed by atoms with Crippen molar-refractivity contribution in [1.29, 1.82) is 0 Å². The van der Waals surface area contributed by atoms with E-state index in [4.69, 9.17) is 9.15 Å². The fourth-order valence-electron chi connectivity index (χ4n) is 2.68. The molecule has 0 spiro atoms. The highest BCUT2D eigenvalue weighted by Crippen LogP contribution is 2.31. The zero-order valence-electron chi connectivity index (χ0n) is 13.7. The summed E-state index contributed by atoms with van der Waals surface area (Å²) in [6.45, 7) is 3.28. The molecule has 1 N–H and O–H groups in total. The lowest BCUT2D eigenvalue weighted by molar-refractivity contribution is -0.114. The summed E-state index contributed by atoms with van der Waals surface area (Å²) in [6.07, 6.45) is 0. The molecule has 0 saturated heterocycles. The number of amides is 1. The molecule has 0 aliphatic carbocycles. The van der Waals surface area contributed by atoms with E-state index in [2.05, 4.69) is 5.32 Å². The number of carbonyl (C=O) groups excluding carboxylic acids is 2. The summed E-state index contributed by atoms with van der Waals surface area (Å²) in [7, 11) is 1.53. The van der Waals surface area contributed by atoms with Gasteiger partial charge in [0.15, 0.2) is 5.76 Å². The molecule has 1 heterocycles. The van der Waals surface area contributed by atoms with Crippen LogP contribution in [0.4, 0.5) is 5.69 Å². The van der Waals surface area contributed by atoms with E-state index in [-0.39, 0.29) is 17.5 Å². The Kier molecular flexibility index (Phi) is 4.08. The van der Waals surface area contributed by atoms with Gasteiger partial charge >= 0.3 is 0 Å². The van der Waals surface area contributed by atoms with Crippen LogP contribution in [0.2, 0.25) is 0 Å². The minimum Gasteiger partial charge on any atom is -0.496 e. The van der Waals surface area contributed by atoms with Gasteiger partial charge in [-0.1, -0.05) is 12.1 Å². The Bertz CT molecular complexity index is 940. The first-order valence-corrected chi connectivity index (χ1v) is 7.49. The van der Waals surface area contributed by atoms with E-state index in [0.29, 0.717) is 22.6 Å². The summed E-state index contributed by atoms with van der Waals surface area (Å²) in [5.74, 6) is 0.376. The highest BCUT2D eigenvalue weighted by molar-refractivity contribution is 6.12. The van der Waals surface area contributed by atoms with Gasteiger partial charge in [-0.3, -0.25) is 9.59 Å². The summed E-state index contributed by atoms with van der Waals surface area (Å²) in [6, 6.07) is 12.4. The molecular weight excluding hydrogens is 306 g/mol. The number of hydrogen-bond donors (Lipinski definition) is 1. The molecule has 3 aromatic rings. The van der Waals surface area contributed by atoms with Crippen LogP contribution in [0, 0.1) is 6.92 Å². The number of hydrogen-bond acceptors (Lipinski definition) is 4. The van der Waals surface area contributed by atoms with E-state index in [0.717, 1.165) is 10.9 Å². The summed E-state index contributed by atoms with van der Waals surface area (Å²) < 4.78 is 11.0. The van der Waals surface area contributed by atoms with Crippen molar-refractivity contribution in [3.8, 4) is 5.75 Å². The number of furan rings is 1. The van der Waals surface area contributed by atoms with Crippen LogP contribution in [0.3, 0.4) is 0 Å². The third kappa shape index (κ3) is 2.76. The lowest BCUT2D eigenvalue weighted by Crippen LogP contribution is -2.05. The second kappa shape index (κ2) is 6.20. The Morgan fingerprint density at radius 1 is 1.12 bits per heavy atom. The lowest BCUT2D eigenvalue weighted by atomic mass is 10.0. The first-order chi connectivity index (χ1) is 11.5. The van der Waals surface area contributed by atoms with Crippen molar-refractivity contribution in [1.82, 2.24) is 0 Å². The molecule has 0 bridgehead atoms. The molecule has 0 unspecified atom stereocenters. The number of carbonyl (C=O) groups is 2. The minimum absolute atomic E-state index is 0.164. The van der Waals surface area contributed by atoms with E-state index in [1.54, 1.807) is 36.4 Å². The van der Waals surface area contributed by atoms with Crippen LogP contribution in [0.25, 0.3) is 11.0 Å². The van der Waals surface area contributed by atoms with Gasteiger partial charge in [0.05, 0.1) is 12.7 Å². The second-order valence-electron chi connectivity index (χ2n) is 5.48. The van der Waals surface area contributed by atoms with E-state index in [1.165, 1.54) is 14.0 Å². The van der Waals surface area contributed by atoms with Gasteiger partial charge in [-0.05, 0) is 31.2 Å². The Morgan fingerprint density at radius 2 is 1.88 bits per heavy atom. The molecule has 122 valence electrons. The zero-order chi connectivity index (χ0) is 17.3. The lowest BCUT2D eigenvalue weighted by Gasteiger charge is -2.05. The van der Waals surface area contributed by atoms with Crippen LogP contribution in [-0.2, 0) is 4.79 Å². The van der Waals surface area contributed by atoms with Crippen LogP contribution in [0.1, 0.15) is 28.6 Å². The van der Waals surface area contributed by atoms with Crippen LogP contribution in [-0.4, -0.2) is 18.8 Å². The van der Waals surface area contributed by atoms with Gasteiger partial charge in [-0.2, -0.15) is 0 Å². The highest BCUT2D eigenvalue weighted by atomic mass is 16.5. The van der Waals surface area contributed by atoms with E-state index in [9.17, 15) is 9.59 Å². The standard InChI is InChI=1S/C19H17NO4/c1-11-14-9-8-13(20-12(2)21)10-17(14)24-19(11)18(22)15-6-4-5-7-16(15)23-3/h4-10H,1-3H3,(H,20,21). The normalized spacial score (nSPS) is 10.6. The smallest absolute Gasteiger partial charge is 0.232 e. The predicted molar refractivity (Wildman–Crippen MR) is 91.7 cm³/mol. The van der Waals surface area contributed by atoms with Crippen molar-refractivity contribution in [2.75, 3.05) is 12.4 Å². The van der Waals surface area contributed by atoms with Crippen molar-refractivity contribution in [2.24, 2.45) is 0 Å². The summed E-state index contributed by atoms with van der Waals surface area (Å²) >= 11 is 0. The van der Waals surface area contributed by atoms with E-state index >= 15 is 0 Å². The van der Waals surface area contributed by atoms with Gasteiger partial charge in [0.25, 0.3) is 0 Å². The molecule has 0 fully saturated rings. The third-order valence-corrected chi connectivity index (χ3v) is 3.82. The number of rotatable bonds is 4. The molecule has 5 heteroatoms. The molecule has 3 rings (SSSR count). The molecule has 0 saturated carbocycles. The highest BCUT2D eigenvalue weighted by Gasteiger charge is 2.22. The van der Waals surface area contributed by atoms with Gasteiger partial charge in [-0.15, -0.1) is 0 Å². The van der Waals surface area contributed by atoms with E-state index in [1.807, 2.05) is 13.0 Å².